The van der Waals surface area contributed by atoms with Gasteiger partial charge in [-0.3, -0.25) is 0 Å². The van der Waals surface area contributed by atoms with Crippen molar-refractivity contribution in [3.63, 3.8) is 0 Å². The Morgan fingerprint density at radius 2 is 0.967 bits per heavy atom. The van der Waals surface area contributed by atoms with E-state index in [4.69, 9.17) is 29.3 Å². The Labute approximate surface area is 343 Å². The molecule has 0 atom stereocenters. The van der Waals surface area contributed by atoms with Gasteiger partial charge in [-0.2, -0.15) is 0 Å². The van der Waals surface area contributed by atoms with Crippen molar-refractivity contribution < 1.29 is 4.42 Å². The summed E-state index contributed by atoms with van der Waals surface area (Å²) >= 11 is 0. The molecule has 0 bridgehead atoms. The second-order valence-electron chi connectivity index (χ2n) is 14.9. The van der Waals surface area contributed by atoms with Crippen LogP contribution in [0.4, 0.5) is 0 Å². The molecule has 0 spiro atoms. The standard InChI is InChI=1S/C53H32N6O/c1-4-15-33(16-5-1)50-56-51(34-17-6-2-7-18-34)58-53(57-50)41-23-14-26-47-48(41)42-31-36(28-30-46(42)60-47)52-54-43-24-12-10-22-40(43)49(55-52)35-27-29-39-38-21-11-13-25-44(38)59(45(39)32-35)37-19-8-3-9-20-37/h1-32H. The van der Waals surface area contributed by atoms with Crippen LogP contribution in [0.15, 0.2) is 199 Å². The fourth-order valence-corrected chi connectivity index (χ4v) is 8.48. The van der Waals surface area contributed by atoms with Crippen LogP contribution in [-0.4, -0.2) is 29.5 Å². The maximum absolute atomic E-state index is 6.50. The van der Waals surface area contributed by atoms with Crippen molar-refractivity contribution in [1.29, 1.82) is 0 Å². The quantitative estimate of drug-likeness (QED) is 0.167. The predicted molar refractivity (Wildman–Crippen MR) is 242 cm³/mol. The van der Waals surface area contributed by atoms with Crippen LogP contribution in [0.1, 0.15) is 0 Å². The van der Waals surface area contributed by atoms with Crippen LogP contribution >= 0.6 is 0 Å². The van der Waals surface area contributed by atoms with E-state index >= 15 is 0 Å². The molecule has 4 aromatic heterocycles. The van der Waals surface area contributed by atoms with Crippen molar-refractivity contribution in [3.05, 3.63) is 194 Å². The fourth-order valence-electron chi connectivity index (χ4n) is 8.48. The first-order valence-corrected chi connectivity index (χ1v) is 19.9. The van der Waals surface area contributed by atoms with Gasteiger partial charge in [0.15, 0.2) is 23.3 Å². The number of rotatable bonds is 6. The van der Waals surface area contributed by atoms with E-state index < -0.39 is 0 Å². The van der Waals surface area contributed by atoms with Gasteiger partial charge in [-0.1, -0.05) is 140 Å². The summed E-state index contributed by atoms with van der Waals surface area (Å²) in [4.78, 5) is 25.6. The predicted octanol–water partition coefficient (Wildman–Crippen LogP) is 13.1. The summed E-state index contributed by atoms with van der Waals surface area (Å²) in [5.74, 6) is 2.39. The molecular weight excluding hydrogens is 737 g/mol. The number of nitrogens with zero attached hydrogens (tertiary/aromatic N) is 6. The number of benzene rings is 8. The summed E-state index contributed by atoms with van der Waals surface area (Å²) in [6.45, 7) is 0. The summed E-state index contributed by atoms with van der Waals surface area (Å²) in [6, 6.07) is 66.3. The average Bonchev–Trinajstić information content (AvgIpc) is 3.87. The Morgan fingerprint density at radius 1 is 0.350 bits per heavy atom. The molecule has 4 heterocycles. The van der Waals surface area contributed by atoms with Gasteiger partial charge in [-0.25, -0.2) is 24.9 Å². The molecule has 0 aliphatic heterocycles. The molecular formula is C53H32N6O. The Hall–Kier alpha value is -8.29. The summed E-state index contributed by atoms with van der Waals surface area (Å²) in [5.41, 5.74) is 11.2. The van der Waals surface area contributed by atoms with Crippen LogP contribution in [0.5, 0.6) is 0 Å². The smallest absolute Gasteiger partial charge is 0.164 e. The second kappa shape index (κ2) is 13.7. The lowest BCUT2D eigenvalue weighted by molar-refractivity contribution is 0.669. The molecule has 7 heteroatoms. The van der Waals surface area contributed by atoms with E-state index in [2.05, 4.69) is 102 Å². The van der Waals surface area contributed by atoms with Crippen LogP contribution < -0.4 is 0 Å². The summed E-state index contributed by atoms with van der Waals surface area (Å²) in [7, 11) is 0. The van der Waals surface area contributed by atoms with Gasteiger partial charge in [-0.15, -0.1) is 0 Å². The third-order valence-corrected chi connectivity index (χ3v) is 11.3. The molecule has 0 fully saturated rings. The molecule has 0 aliphatic rings. The lowest BCUT2D eigenvalue weighted by atomic mass is 10.0. The molecule has 0 radical (unpaired) electrons. The van der Waals surface area contributed by atoms with E-state index in [0.29, 0.717) is 23.3 Å². The molecule has 0 saturated heterocycles. The number of furan rings is 1. The molecule has 0 N–H and O–H groups in total. The highest BCUT2D eigenvalue weighted by Crippen LogP contribution is 2.40. The SMILES string of the molecule is c1ccc(-c2nc(-c3ccccc3)nc(-c3cccc4oc5ccc(-c6nc(-c7ccc8c9ccccc9n(-c9ccccc9)c8c7)c7ccccc7n6)cc5c34)n2)cc1. The summed E-state index contributed by atoms with van der Waals surface area (Å²) in [5, 5.41) is 5.22. The van der Waals surface area contributed by atoms with Crippen LogP contribution in [0.2, 0.25) is 0 Å². The number of fused-ring (bicyclic) bond motifs is 7. The highest BCUT2D eigenvalue weighted by atomic mass is 16.3. The third-order valence-electron chi connectivity index (χ3n) is 11.3. The van der Waals surface area contributed by atoms with Crippen molar-refractivity contribution in [2.75, 3.05) is 0 Å². The number of hydrogen-bond donors (Lipinski definition) is 0. The molecule has 8 aromatic carbocycles. The van der Waals surface area contributed by atoms with Crippen LogP contribution in [0, 0.1) is 0 Å². The highest BCUT2D eigenvalue weighted by molar-refractivity contribution is 6.13. The first kappa shape index (κ1) is 33.8. The minimum Gasteiger partial charge on any atom is -0.456 e. The van der Waals surface area contributed by atoms with Crippen molar-refractivity contribution in [3.8, 4) is 62.5 Å². The van der Waals surface area contributed by atoms with Gasteiger partial charge in [-0.05, 0) is 54.6 Å². The van der Waals surface area contributed by atoms with Crippen LogP contribution in [0.25, 0.3) is 117 Å². The second-order valence-corrected chi connectivity index (χ2v) is 14.9. The van der Waals surface area contributed by atoms with Gasteiger partial charge in [0, 0.05) is 60.4 Å². The molecule has 0 unspecified atom stereocenters. The zero-order valence-electron chi connectivity index (χ0n) is 32.1. The topological polar surface area (TPSA) is 82.5 Å². The molecule has 12 rings (SSSR count). The lowest BCUT2D eigenvalue weighted by Gasteiger charge is -2.11. The van der Waals surface area contributed by atoms with E-state index in [1.165, 1.54) is 10.8 Å². The van der Waals surface area contributed by atoms with Crippen molar-refractivity contribution in [2.24, 2.45) is 0 Å². The monoisotopic (exact) mass is 768 g/mol. The average molecular weight is 769 g/mol. The van der Waals surface area contributed by atoms with Gasteiger partial charge in [0.25, 0.3) is 0 Å². The lowest BCUT2D eigenvalue weighted by Crippen LogP contribution is -2.00. The zero-order valence-corrected chi connectivity index (χ0v) is 32.1. The Balaban J connectivity index is 1.04. The zero-order chi connectivity index (χ0) is 39.6. The van der Waals surface area contributed by atoms with Crippen LogP contribution in [0.3, 0.4) is 0 Å². The number of aromatic nitrogens is 6. The number of para-hydroxylation sites is 3. The van der Waals surface area contributed by atoms with Gasteiger partial charge < -0.3 is 8.98 Å². The van der Waals surface area contributed by atoms with E-state index in [0.717, 1.165) is 83.1 Å². The first-order valence-electron chi connectivity index (χ1n) is 19.9. The molecule has 280 valence electrons. The normalized spacial score (nSPS) is 11.7. The Morgan fingerprint density at radius 3 is 1.73 bits per heavy atom. The van der Waals surface area contributed by atoms with Crippen molar-refractivity contribution in [2.45, 2.75) is 0 Å². The molecule has 12 aromatic rings. The van der Waals surface area contributed by atoms with E-state index in [1.807, 2.05) is 97.1 Å². The van der Waals surface area contributed by atoms with E-state index in [-0.39, 0.29) is 0 Å². The highest BCUT2D eigenvalue weighted by Gasteiger charge is 2.20. The summed E-state index contributed by atoms with van der Waals surface area (Å²) in [6.07, 6.45) is 0. The fraction of sp³-hybridized carbons (Fsp3) is 0. The van der Waals surface area contributed by atoms with Crippen molar-refractivity contribution in [1.82, 2.24) is 29.5 Å². The Bertz CT molecular complexity index is 3540. The maximum atomic E-state index is 6.50. The van der Waals surface area contributed by atoms with Gasteiger partial charge in [0.05, 0.1) is 22.2 Å². The van der Waals surface area contributed by atoms with Gasteiger partial charge in [0.1, 0.15) is 11.2 Å². The van der Waals surface area contributed by atoms with E-state index in [1.54, 1.807) is 0 Å². The summed E-state index contributed by atoms with van der Waals surface area (Å²) < 4.78 is 8.84. The molecule has 0 amide bonds. The third kappa shape index (κ3) is 5.56. The van der Waals surface area contributed by atoms with Crippen LogP contribution in [-0.2, 0) is 0 Å². The number of hydrogen-bond acceptors (Lipinski definition) is 6. The molecule has 0 saturated carbocycles. The van der Waals surface area contributed by atoms with Gasteiger partial charge in [0.2, 0.25) is 0 Å². The minimum atomic E-state index is 0.564. The first-order chi connectivity index (χ1) is 29.7. The minimum absolute atomic E-state index is 0.564. The van der Waals surface area contributed by atoms with E-state index in [9.17, 15) is 0 Å². The molecule has 0 aliphatic carbocycles. The largest absolute Gasteiger partial charge is 0.456 e. The molecule has 60 heavy (non-hydrogen) atoms. The maximum Gasteiger partial charge on any atom is 0.164 e. The molecule has 7 nitrogen and oxygen atoms in total. The van der Waals surface area contributed by atoms with Gasteiger partial charge >= 0.3 is 0 Å². The van der Waals surface area contributed by atoms with Crippen molar-refractivity contribution >= 4 is 54.6 Å². The Kier molecular flexibility index (Phi) is 7.71.